The highest BCUT2D eigenvalue weighted by Gasteiger charge is 2.12. The van der Waals surface area contributed by atoms with Gasteiger partial charge >= 0.3 is 0 Å². The Morgan fingerprint density at radius 3 is 2.38 bits per heavy atom. The summed E-state index contributed by atoms with van der Waals surface area (Å²) < 4.78 is 16.4. The van der Waals surface area contributed by atoms with Crippen LogP contribution in [0.2, 0.25) is 0 Å². The number of carbonyl (C=O) groups is 1. The number of amides is 1. The summed E-state index contributed by atoms with van der Waals surface area (Å²) in [4.78, 5) is 19.3. The van der Waals surface area contributed by atoms with E-state index in [1.165, 1.54) is 0 Å². The monoisotopic (exact) mass is 500 g/mol. The third-order valence-corrected chi connectivity index (χ3v) is 5.90. The number of hydrogen-bond acceptors (Lipinski definition) is 7. The van der Waals surface area contributed by atoms with Gasteiger partial charge in [-0.2, -0.15) is 4.98 Å². The van der Waals surface area contributed by atoms with Crippen molar-refractivity contribution in [2.45, 2.75) is 20.3 Å². The molecule has 0 fully saturated rings. The summed E-state index contributed by atoms with van der Waals surface area (Å²) in [6, 6.07) is 19.0. The summed E-state index contributed by atoms with van der Waals surface area (Å²) in [5, 5.41) is 6.94. The fourth-order valence-corrected chi connectivity index (χ4v) is 3.98. The van der Waals surface area contributed by atoms with Gasteiger partial charge in [-0.25, -0.2) is 0 Å². The largest absolute Gasteiger partial charge is 0.493 e. The van der Waals surface area contributed by atoms with Crippen molar-refractivity contribution in [3.05, 3.63) is 77.7 Å². The minimum atomic E-state index is -0.199. The molecule has 3 aromatic carbocycles. The number of nitrogens with one attached hydrogen (secondary N) is 1. The minimum absolute atomic E-state index is 0.199. The maximum Gasteiger partial charge on any atom is 0.255 e. The summed E-state index contributed by atoms with van der Waals surface area (Å²) >= 11 is 0. The number of nitrogens with zero attached hydrogens (tertiary/aromatic N) is 3. The average molecular weight is 501 g/mol. The van der Waals surface area contributed by atoms with Gasteiger partial charge in [-0.05, 0) is 74.5 Å². The molecule has 37 heavy (non-hydrogen) atoms. The van der Waals surface area contributed by atoms with Crippen LogP contribution in [0.4, 0.5) is 5.69 Å². The molecule has 1 amide bonds. The standard InChI is InChI=1S/C29H32N4O4/c1-19-17-23(28-30-20(2)37-32-28)11-13-25(19)21-7-9-22(10-8-21)29(34)31-24-12-14-26(35-5)27(18-24)36-16-6-15-33(3)4/h7-14,17-18H,6,15-16H2,1-5H3,(H,31,34). The van der Waals surface area contributed by atoms with Gasteiger partial charge in [0, 0.05) is 36.3 Å². The maximum atomic E-state index is 12.9. The third kappa shape index (κ3) is 6.54. The van der Waals surface area contributed by atoms with E-state index < -0.39 is 0 Å². The molecule has 0 unspecified atom stereocenters. The second kappa shape index (κ2) is 11.7. The van der Waals surface area contributed by atoms with Crippen LogP contribution in [-0.4, -0.2) is 55.3 Å². The number of rotatable bonds is 10. The summed E-state index contributed by atoms with van der Waals surface area (Å²) in [7, 11) is 5.65. The molecular formula is C29H32N4O4. The van der Waals surface area contributed by atoms with Gasteiger partial charge in [0.2, 0.25) is 11.7 Å². The molecule has 1 aromatic heterocycles. The predicted octanol–water partition coefficient (Wildman–Crippen LogP) is 5.61. The SMILES string of the molecule is COc1ccc(NC(=O)c2ccc(-c3ccc(-c4noc(C)n4)cc3C)cc2)cc1OCCCN(C)C. The Labute approximate surface area is 217 Å². The highest BCUT2D eigenvalue weighted by molar-refractivity contribution is 6.04. The van der Waals surface area contributed by atoms with Crippen LogP contribution in [0.15, 0.2) is 65.2 Å². The Morgan fingerprint density at radius 2 is 1.73 bits per heavy atom. The number of methoxy groups -OCH3 is 1. The van der Waals surface area contributed by atoms with E-state index in [2.05, 4.69) is 20.4 Å². The van der Waals surface area contributed by atoms with Crippen LogP contribution in [0.25, 0.3) is 22.5 Å². The molecule has 0 saturated heterocycles. The summed E-state index contributed by atoms with van der Waals surface area (Å²) in [6.45, 7) is 5.29. The zero-order valence-corrected chi connectivity index (χ0v) is 21.9. The van der Waals surface area contributed by atoms with E-state index >= 15 is 0 Å². The van der Waals surface area contributed by atoms with E-state index in [1.807, 2.05) is 63.5 Å². The highest BCUT2D eigenvalue weighted by atomic mass is 16.5. The Kier molecular flexibility index (Phi) is 8.20. The minimum Gasteiger partial charge on any atom is -0.493 e. The van der Waals surface area contributed by atoms with E-state index in [9.17, 15) is 4.79 Å². The van der Waals surface area contributed by atoms with Crippen LogP contribution >= 0.6 is 0 Å². The van der Waals surface area contributed by atoms with Crippen molar-refractivity contribution in [3.63, 3.8) is 0 Å². The Balaban J connectivity index is 1.43. The molecule has 4 rings (SSSR count). The molecule has 0 atom stereocenters. The Morgan fingerprint density at radius 1 is 0.973 bits per heavy atom. The molecule has 1 N–H and O–H groups in total. The quantitative estimate of drug-likeness (QED) is 0.283. The number of benzene rings is 3. The fourth-order valence-electron chi connectivity index (χ4n) is 3.98. The molecule has 0 aliphatic carbocycles. The van der Waals surface area contributed by atoms with Crippen LogP contribution in [0, 0.1) is 13.8 Å². The van der Waals surface area contributed by atoms with Gasteiger partial charge in [0.25, 0.3) is 5.91 Å². The average Bonchev–Trinajstić information content (AvgIpc) is 3.33. The maximum absolute atomic E-state index is 12.9. The number of aryl methyl sites for hydroxylation is 2. The number of aromatic nitrogens is 2. The second-order valence-corrected chi connectivity index (χ2v) is 9.07. The Bertz CT molecular complexity index is 1360. The summed E-state index contributed by atoms with van der Waals surface area (Å²) in [5.74, 6) is 2.13. The second-order valence-electron chi connectivity index (χ2n) is 9.07. The van der Waals surface area contributed by atoms with Crippen LogP contribution in [0.3, 0.4) is 0 Å². The van der Waals surface area contributed by atoms with Crippen molar-refractivity contribution in [3.8, 4) is 34.0 Å². The van der Waals surface area contributed by atoms with E-state index in [0.717, 1.165) is 35.2 Å². The molecule has 0 saturated carbocycles. The van der Waals surface area contributed by atoms with Gasteiger partial charge in [0.05, 0.1) is 13.7 Å². The first-order valence-corrected chi connectivity index (χ1v) is 12.1. The lowest BCUT2D eigenvalue weighted by Gasteiger charge is -2.14. The lowest BCUT2D eigenvalue weighted by atomic mass is 9.97. The van der Waals surface area contributed by atoms with Gasteiger partial charge in [-0.15, -0.1) is 0 Å². The van der Waals surface area contributed by atoms with E-state index in [-0.39, 0.29) is 5.91 Å². The lowest BCUT2D eigenvalue weighted by molar-refractivity contribution is 0.102. The van der Waals surface area contributed by atoms with Crippen molar-refractivity contribution >= 4 is 11.6 Å². The zero-order chi connectivity index (χ0) is 26.4. The molecule has 0 bridgehead atoms. The van der Waals surface area contributed by atoms with Crippen LogP contribution in [0.5, 0.6) is 11.5 Å². The third-order valence-electron chi connectivity index (χ3n) is 5.90. The zero-order valence-electron chi connectivity index (χ0n) is 21.9. The van der Waals surface area contributed by atoms with E-state index in [4.69, 9.17) is 14.0 Å². The van der Waals surface area contributed by atoms with E-state index in [0.29, 0.717) is 41.1 Å². The molecule has 0 radical (unpaired) electrons. The van der Waals surface area contributed by atoms with Crippen LogP contribution in [-0.2, 0) is 0 Å². The van der Waals surface area contributed by atoms with Gasteiger partial charge in [0.15, 0.2) is 11.5 Å². The van der Waals surface area contributed by atoms with Crippen molar-refractivity contribution < 1.29 is 18.8 Å². The lowest BCUT2D eigenvalue weighted by Crippen LogP contribution is -2.16. The molecule has 8 nitrogen and oxygen atoms in total. The molecule has 0 aliphatic heterocycles. The highest BCUT2D eigenvalue weighted by Crippen LogP contribution is 2.31. The number of carbonyl (C=O) groups excluding carboxylic acids is 1. The first-order valence-electron chi connectivity index (χ1n) is 12.1. The first kappa shape index (κ1) is 25.9. The summed E-state index contributed by atoms with van der Waals surface area (Å²) in [6.07, 6.45) is 0.887. The van der Waals surface area contributed by atoms with Crippen LogP contribution < -0.4 is 14.8 Å². The summed E-state index contributed by atoms with van der Waals surface area (Å²) in [5.41, 5.74) is 5.26. The van der Waals surface area contributed by atoms with Crippen LogP contribution in [0.1, 0.15) is 28.2 Å². The Hall–Kier alpha value is -4.17. The number of hydrogen-bond donors (Lipinski definition) is 1. The molecular weight excluding hydrogens is 468 g/mol. The molecule has 0 spiro atoms. The van der Waals surface area contributed by atoms with Gasteiger partial charge in [-0.1, -0.05) is 29.4 Å². The fraction of sp³-hybridized carbons (Fsp3) is 0.276. The van der Waals surface area contributed by atoms with Crippen molar-refractivity contribution in [1.29, 1.82) is 0 Å². The van der Waals surface area contributed by atoms with Gasteiger partial charge in [0.1, 0.15) is 0 Å². The van der Waals surface area contributed by atoms with Crippen molar-refractivity contribution in [2.24, 2.45) is 0 Å². The van der Waals surface area contributed by atoms with E-state index in [1.54, 1.807) is 32.2 Å². The van der Waals surface area contributed by atoms with Gasteiger partial charge in [-0.3, -0.25) is 4.79 Å². The molecule has 1 heterocycles. The number of ether oxygens (including phenoxy) is 2. The van der Waals surface area contributed by atoms with Gasteiger partial charge < -0.3 is 24.2 Å². The first-order chi connectivity index (χ1) is 17.8. The smallest absolute Gasteiger partial charge is 0.255 e. The number of anilines is 1. The molecule has 192 valence electrons. The normalized spacial score (nSPS) is 11.0. The van der Waals surface area contributed by atoms with Crippen molar-refractivity contribution in [2.75, 3.05) is 39.7 Å². The molecule has 4 aromatic rings. The molecule has 8 heteroatoms. The predicted molar refractivity (Wildman–Crippen MR) is 144 cm³/mol. The topological polar surface area (TPSA) is 89.7 Å². The van der Waals surface area contributed by atoms with Crippen molar-refractivity contribution in [1.82, 2.24) is 15.0 Å². The molecule has 0 aliphatic rings.